The molecule has 0 aromatic rings. The quantitative estimate of drug-likeness (QED) is 0.0272. The molecule has 9 heteroatoms. The summed E-state index contributed by atoms with van der Waals surface area (Å²) in [6, 6.07) is -0.803. The number of phosphoric ester groups is 1. The van der Waals surface area contributed by atoms with Gasteiger partial charge in [-0.25, -0.2) is 0 Å². The molecular weight excluding hydrogens is 888 g/mol. The van der Waals surface area contributed by atoms with Crippen molar-refractivity contribution in [3.8, 4) is 0 Å². The van der Waals surface area contributed by atoms with Gasteiger partial charge in [-0.05, 0) is 64.2 Å². The number of unbranched alkanes of at least 4 members (excludes halogenated alkanes) is 28. The van der Waals surface area contributed by atoms with Crippen molar-refractivity contribution < 1.29 is 32.9 Å². The van der Waals surface area contributed by atoms with Gasteiger partial charge < -0.3 is 28.8 Å². The van der Waals surface area contributed by atoms with Crippen LogP contribution in [-0.2, 0) is 18.4 Å². The van der Waals surface area contributed by atoms with Crippen LogP contribution in [0.15, 0.2) is 72.9 Å². The maximum atomic E-state index is 13.0. The number of rotatable bonds is 53. The van der Waals surface area contributed by atoms with E-state index in [1.165, 1.54) is 154 Å². The van der Waals surface area contributed by atoms with E-state index in [2.05, 4.69) is 92.1 Å². The van der Waals surface area contributed by atoms with E-state index in [0.717, 1.165) is 77.0 Å². The fraction of sp³-hybridized carbons (Fsp3) is 0.787. The maximum Gasteiger partial charge on any atom is 0.268 e. The Labute approximate surface area is 434 Å². The molecule has 0 spiro atoms. The van der Waals surface area contributed by atoms with Crippen molar-refractivity contribution in [2.45, 2.75) is 270 Å². The molecule has 1 amide bonds. The molecule has 70 heavy (non-hydrogen) atoms. The van der Waals surface area contributed by atoms with E-state index in [1.54, 1.807) is 0 Å². The summed E-state index contributed by atoms with van der Waals surface area (Å²) in [5.41, 5.74) is 0. The van der Waals surface area contributed by atoms with Crippen molar-refractivity contribution in [2.75, 3.05) is 40.9 Å². The summed E-state index contributed by atoms with van der Waals surface area (Å²) in [5.74, 6) is -0.166. The van der Waals surface area contributed by atoms with Gasteiger partial charge in [-0.3, -0.25) is 9.36 Å². The summed E-state index contributed by atoms with van der Waals surface area (Å²) in [4.78, 5) is 25.5. The highest BCUT2D eigenvalue weighted by atomic mass is 31.2. The molecule has 408 valence electrons. The molecule has 0 aromatic carbocycles. The topological polar surface area (TPSA) is 108 Å². The minimum absolute atomic E-state index is 0.0106. The number of phosphoric acid groups is 1. The van der Waals surface area contributed by atoms with Crippen LogP contribution in [0, 0.1) is 0 Å². The first-order valence-corrected chi connectivity index (χ1v) is 30.7. The highest BCUT2D eigenvalue weighted by molar-refractivity contribution is 7.45. The lowest BCUT2D eigenvalue weighted by Crippen LogP contribution is -2.46. The molecule has 0 saturated carbocycles. The van der Waals surface area contributed by atoms with Gasteiger partial charge in [-0.1, -0.05) is 260 Å². The average molecular weight is 1000 g/mol. The third kappa shape index (κ3) is 53.7. The third-order valence-corrected chi connectivity index (χ3v) is 13.9. The molecule has 0 saturated heterocycles. The van der Waals surface area contributed by atoms with E-state index in [1.807, 2.05) is 21.1 Å². The Morgan fingerprint density at radius 1 is 0.514 bits per heavy atom. The van der Waals surface area contributed by atoms with Crippen molar-refractivity contribution in [1.29, 1.82) is 0 Å². The fourth-order valence-corrected chi connectivity index (χ4v) is 9.12. The largest absolute Gasteiger partial charge is 0.756 e. The minimum atomic E-state index is -4.57. The number of carbonyl (C=O) groups excluding carboxylic acids is 1. The van der Waals surface area contributed by atoms with Gasteiger partial charge in [0.05, 0.1) is 39.9 Å². The van der Waals surface area contributed by atoms with Crippen LogP contribution in [0.1, 0.15) is 258 Å². The van der Waals surface area contributed by atoms with E-state index in [0.29, 0.717) is 23.9 Å². The molecule has 0 aliphatic rings. The second-order valence-electron chi connectivity index (χ2n) is 21.0. The zero-order chi connectivity index (χ0) is 51.3. The number of nitrogens with zero attached hydrogens (tertiary/aromatic N) is 1. The second kappa shape index (κ2) is 51.8. The number of allylic oxidation sites excluding steroid dienone is 12. The van der Waals surface area contributed by atoms with E-state index < -0.39 is 20.0 Å². The Morgan fingerprint density at radius 2 is 0.871 bits per heavy atom. The maximum absolute atomic E-state index is 13.0. The molecule has 0 radical (unpaired) electrons. The Balaban J connectivity index is 4.07. The number of amides is 1. The summed E-state index contributed by atoms with van der Waals surface area (Å²) in [6.07, 6.45) is 70.8. The Bertz CT molecular complexity index is 1370. The van der Waals surface area contributed by atoms with E-state index in [-0.39, 0.29) is 19.1 Å². The lowest BCUT2D eigenvalue weighted by Gasteiger charge is -2.30. The molecule has 0 aromatic heterocycles. The van der Waals surface area contributed by atoms with Crippen LogP contribution in [0.4, 0.5) is 0 Å². The van der Waals surface area contributed by atoms with Crippen LogP contribution in [0.3, 0.4) is 0 Å². The highest BCUT2D eigenvalue weighted by Crippen LogP contribution is 2.38. The molecule has 0 bridgehead atoms. The third-order valence-electron chi connectivity index (χ3n) is 13.0. The Morgan fingerprint density at radius 3 is 1.27 bits per heavy atom. The number of hydrogen-bond donors (Lipinski definition) is 2. The van der Waals surface area contributed by atoms with Crippen LogP contribution < -0.4 is 10.2 Å². The van der Waals surface area contributed by atoms with Gasteiger partial charge >= 0.3 is 0 Å². The number of nitrogens with one attached hydrogen (secondary N) is 1. The summed E-state index contributed by atoms with van der Waals surface area (Å²) in [5, 5.41) is 14.0. The summed E-state index contributed by atoms with van der Waals surface area (Å²) in [6.45, 7) is 4.62. The van der Waals surface area contributed by atoms with E-state index in [4.69, 9.17) is 9.05 Å². The molecule has 2 N–H and O–H groups in total. The van der Waals surface area contributed by atoms with Crippen LogP contribution in [0.2, 0.25) is 0 Å². The first kappa shape index (κ1) is 67.9. The molecular formula is C61H113N2O6P. The summed E-state index contributed by atoms with van der Waals surface area (Å²) in [7, 11) is 1.30. The first-order chi connectivity index (χ1) is 34.0. The minimum Gasteiger partial charge on any atom is -0.756 e. The summed E-state index contributed by atoms with van der Waals surface area (Å²) >= 11 is 0. The standard InChI is InChI=1S/C61H113N2O6P/c1-6-8-10-12-14-16-18-20-22-23-24-25-26-27-28-29-30-31-32-33-34-35-36-37-38-39-41-43-45-47-49-51-53-55-61(65)62-59(58-69-70(66,67)68-57-56-63(3,4)5)60(64)54-52-50-48-46-44-42-40-21-19-17-15-13-11-9-7-2/h8,10,14,16,20,22,24-25,27-28,30-31,59-60,64H,6-7,9,11-13,15,17-19,21,23,26,29,32-58H2,1-5H3,(H-,62,65,66,67)/b10-8-,16-14-,22-20-,25-24-,28-27-,31-30-. The van der Waals surface area contributed by atoms with Gasteiger partial charge in [0, 0.05) is 6.42 Å². The normalized spacial score (nSPS) is 14.4. The van der Waals surface area contributed by atoms with E-state index in [9.17, 15) is 19.4 Å². The van der Waals surface area contributed by atoms with Crippen molar-refractivity contribution >= 4 is 13.7 Å². The fourth-order valence-electron chi connectivity index (χ4n) is 8.40. The zero-order valence-corrected chi connectivity index (χ0v) is 47.4. The number of carbonyl (C=O) groups is 1. The highest BCUT2D eigenvalue weighted by Gasteiger charge is 2.24. The van der Waals surface area contributed by atoms with Crippen molar-refractivity contribution in [3.63, 3.8) is 0 Å². The van der Waals surface area contributed by atoms with Crippen LogP contribution in [0.5, 0.6) is 0 Å². The van der Waals surface area contributed by atoms with E-state index >= 15 is 0 Å². The predicted octanol–water partition coefficient (Wildman–Crippen LogP) is 17.2. The number of quaternary nitrogens is 1. The van der Waals surface area contributed by atoms with Crippen molar-refractivity contribution in [2.24, 2.45) is 0 Å². The van der Waals surface area contributed by atoms with Gasteiger partial charge in [0.25, 0.3) is 7.82 Å². The van der Waals surface area contributed by atoms with Gasteiger partial charge in [-0.15, -0.1) is 0 Å². The number of aliphatic hydroxyl groups is 1. The lowest BCUT2D eigenvalue weighted by molar-refractivity contribution is -0.870. The summed E-state index contributed by atoms with van der Waals surface area (Å²) < 4.78 is 23.4. The van der Waals surface area contributed by atoms with Gasteiger partial charge in [0.1, 0.15) is 13.2 Å². The Kier molecular flexibility index (Phi) is 50.3. The average Bonchev–Trinajstić information content (AvgIpc) is 3.32. The molecule has 0 aliphatic carbocycles. The Hall–Kier alpha value is -2.06. The lowest BCUT2D eigenvalue weighted by atomic mass is 10.0. The second-order valence-corrected chi connectivity index (χ2v) is 22.4. The predicted molar refractivity (Wildman–Crippen MR) is 302 cm³/mol. The van der Waals surface area contributed by atoms with Crippen LogP contribution >= 0.6 is 7.82 Å². The van der Waals surface area contributed by atoms with Gasteiger partial charge in [0.15, 0.2) is 0 Å². The molecule has 0 aliphatic heterocycles. The smallest absolute Gasteiger partial charge is 0.268 e. The van der Waals surface area contributed by atoms with Gasteiger partial charge in [0.2, 0.25) is 5.91 Å². The van der Waals surface area contributed by atoms with Crippen molar-refractivity contribution in [3.05, 3.63) is 72.9 Å². The zero-order valence-electron chi connectivity index (χ0n) is 46.5. The van der Waals surface area contributed by atoms with Crippen molar-refractivity contribution in [1.82, 2.24) is 5.32 Å². The molecule has 0 fully saturated rings. The number of hydrogen-bond acceptors (Lipinski definition) is 6. The molecule has 0 heterocycles. The monoisotopic (exact) mass is 1000 g/mol. The number of aliphatic hydroxyl groups excluding tert-OH is 1. The number of likely N-dealkylation sites (N-methyl/N-ethyl adjacent to an activating group) is 1. The van der Waals surface area contributed by atoms with Crippen LogP contribution in [0.25, 0.3) is 0 Å². The van der Waals surface area contributed by atoms with Crippen LogP contribution in [-0.4, -0.2) is 68.5 Å². The molecule has 0 rings (SSSR count). The SMILES string of the molecule is CC/C=C\C/C=C\C/C=C\C/C=C\C/C=C\C/C=C\CCCCCCCCCCCCCCCCC(=O)NC(COP(=O)([O-])OCC[N+](C)(C)C)C(O)CCCCCCCCCCCCCCCCC. The first-order valence-electron chi connectivity index (χ1n) is 29.3. The molecule has 3 atom stereocenters. The molecule has 8 nitrogen and oxygen atoms in total. The van der Waals surface area contributed by atoms with Gasteiger partial charge in [-0.2, -0.15) is 0 Å². The molecule has 3 unspecified atom stereocenters.